The fraction of sp³-hybridized carbons (Fsp3) is 0.0909. The number of aliphatic hydroxyl groups is 1. The van der Waals surface area contributed by atoms with Gasteiger partial charge in [0, 0.05) is 18.6 Å². The first-order chi connectivity index (χ1) is 13.7. The zero-order valence-electron chi connectivity index (χ0n) is 15.4. The second-order valence-electron chi connectivity index (χ2n) is 6.49. The Bertz CT molecular complexity index is 1140. The Hall–Kier alpha value is -3.64. The van der Waals surface area contributed by atoms with E-state index < -0.39 is 0 Å². The fourth-order valence-electron chi connectivity index (χ4n) is 3.15. The number of aliphatic hydroxyl groups excluding tert-OH is 1. The van der Waals surface area contributed by atoms with Crippen molar-refractivity contribution in [3.63, 3.8) is 0 Å². The van der Waals surface area contributed by atoms with Crippen molar-refractivity contribution in [2.45, 2.75) is 6.61 Å². The van der Waals surface area contributed by atoms with Gasteiger partial charge >= 0.3 is 0 Å². The van der Waals surface area contributed by atoms with Gasteiger partial charge in [-0.15, -0.1) is 0 Å². The number of rotatable bonds is 5. The highest BCUT2D eigenvalue weighted by atomic mass is 16.3. The Kier molecular flexibility index (Phi) is 4.78. The lowest BCUT2D eigenvalue weighted by Crippen LogP contribution is -2.27. The molecule has 0 saturated carbocycles. The molecule has 3 N–H and O–H groups in total. The van der Waals surface area contributed by atoms with Crippen LogP contribution in [0.2, 0.25) is 0 Å². The predicted molar refractivity (Wildman–Crippen MR) is 111 cm³/mol. The van der Waals surface area contributed by atoms with Crippen LogP contribution < -0.4 is 4.90 Å². The van der Waals surface area contributed by atoms with Gasteiger partial charge in [0.1, 0.15) is 5.69 Å². The molecule has 28 heavy (non-hydrogen) atoms. The number of para-hydroxylation sites is 1. The van der Waals surface area contributed by atoms with E-state index in [-0.39, 0.29) is 12.5 Å². The summed E-state index contributed by atoms with van der Waals surface area (Å²) < 4.78 is 0. The van der Waals surface area contributed by atoms with Gasteiger partial charge in [-0.1, -0.05) is 36.4 Å². The summed E-state index contributed by atoms with van der Waals surface area (Å²) in [6.07, 6.45) is 5.57. The van der Waals surface area contributed by atoms with Gasteiger partial charge in [-0.3, -0.25) is 9.89 Å². The van der Waals surface area contributed by atoms with E-state index in [2.05, 4.69) is 15.2 Å². The van der Waals surface area contributed by atoms with Gasteiger partial charge in [-0.05, 0) is 41.5 Å². The Morgan fingerprint density at radius 3 is 2.79 bits per heavy atom. The van der Waals surface area contributed by atoms with Crippen LogP contribution in [0.25, 0.3) is 23.1 Å². The third kappa shape index (κ3) is 3.33. The van der Waals surface area contributed by atoms with Crippen molar-refractivity contribution in [3.8, 4) is 0 Å². The first-order valence-corrected chi connectivity index (χ1v) is 8.94. The van der Waals surface area contributed by atoms with Gasteiger partial charge in [0.15, 0.2) is 0 Å². The molecule has 0 atom stereocenters. The van der Waals surface area contributed by atoms with Crippen LogP contribution in [-0.2, 0) is 6.61 Å². The largest absolute Gasteiger partial charge is 0.392 e. The number of H-pyrrole nitrogens is 2. The molecular weight excluding hydrogens is 352 g/mol. The van der Waals surface area contributed by atoms with E-state index >= 15 is 0 Å². The molecule has 0 aliphatic rings. The molecule has 0 aliphatic carbocycles. The van der Waals surface area contributed by atoms with Crippen LogP contribution in [0.1, 0.15) is 27.3 Å². The summed E-state index contributed by atoms with van der Waals surface area (Å²) in [5.41, 5.74) is 4.60. The molecule has 0 fully saturated rings. The first kappa shape index (κ1) is 17.8. The molecule has 0 bridgehead atoms. The summed E-state index contributed by atoms with van der Waals surface area (Å²) in [6, 6.07) is 17.0. The SMILES string of the molecule is CN(C(=O)c1ccc[nH]1)c1cc(CO)ccc1C=Cc1n[nH]c2ccccc12. The summed E-state index contributed by atoms with van der Waals surface area (Å²) in [6.45, 7) is -0.0917. The Morgan fingerprint density at radius 2 is 2.00 bits per heavy atom. The third-order valence-electron chi connectivity index (χ3n) is 4.69. The smallest absolute Gasteiger partial charge is 0.274 e. The Balaban J connectivity index is 1.71. The highest BCUT2D eigenvalue weighted by molar-refractivity contribution is 6.06. The lowest BCUT2D eigenvalue weighted by molar-refractivity contribution is 0.0988. The number of nitrogens with zero attached hydrogens (tertiary/aromatic N) is 2. The molecule has 140 valence electrons. The number of nitrogens with one attached hydrogen (secondary N) is 2. The van der Waals surface area contributed by atoms with E-state index in [9.17, 15) is 9.90 Å². The van der Waals surface area contributed by atoms with Gasteiger partial charge in [-0.2, -0.15) is 5.10 Å². The summed E-state index contributed by atoms with van der Waals surface area (Å²) in [7, 11) is 1.72. The van der Waals surface area contributed by atoms with Crippen molar-refractivity contribution in [1.29, 1.82) is 0 Å². The molecule has 2 aromatic carbocycles. The number of aromatic nitrogens is 3. The van der Waals surface area contributed by atoms with Gasteiger partial charge in [0.2, 0.25) is 0 Å². The Morgan fingerprint density at radius 1 is 1.14 bits per heavy atom. The number of anilines is 1. The second-order valence-corrected chi connectivity index (χ2v) is 6.49. The van der Waals surface area contributed by atoms with Crippen molar-refractivity contribution in [1.82, 2.24) is 15.2 Å². The van der Waals surface area contributed by atoms with E-state index in [4.69, 9.17) is 0 Å². The van der Waals surface area contributed by atoms with Crippen LogP contribution >= 0.6 is 0 Å². The van der Waals surface area contributed by atoms with Gasteiger partial charge in [-0.25, -0.2) is 0 Å². The highest BCUT2D eigenvalue weighted by Gasteiger charge is 2.17. The van der Waals surface area contributed by atoms with E-state index in [1.165, 1.54) is 0 Å². The zero-order valence-corrected chi connectivity index (χ0v) is 15.4. The standard InChI is InChI=1S/C22H20N4O2/c1-26(22(28)20-7-4-12-23-20)21-13-15(14-27)8-9-16(21)10-11-19-17-5-2-3-6-18(17)24-25-19/h2-13,23,27H,14H2,1H3,(H,24,25). The maximum absolute atomic E-state index is 12.8. The molecule has 0 radical (unpaired) electrons. The maximum Gasteiger partial charge on any atom is 0.274 e. The summed E-state index contributed by atoms with van der Waals surface area (Å²) in [4.78, 5) is 17.3. The molecule has 6 nitrogen and oxygen atoms in total. The first-order valence-electron chi connectivity index (χ1n) is 8.94. The van der Waals surface area contributed by atoms with Crippen molar-refractivity contribution < 1.29 is 9.90 Å². The minimum absolute atomic E-state index is 0.0917. The van der Waals surface area contributed by atoms with Crippen LogP contribution in [-0.4, -0.2) is 33.2 Å². The number of carbonyl (C=O) groups excluding carboxylic acids is 1. The van der Waals surface area contributed by atoms with Crippen LogP contribution in [0.3, 0.4) is 0 Å². The molecule has 6 heteroatoms. The lowest BCUT2D eigenvalue weighted by Gasteiger charge is -2.20. The zero-order chi connectivity index (χ0) is 19.5. The van der Waals surface area contributed by atoms with Gasteiger partial charge in [0.05, 0.1) is 23.5 Å². The molecule has 1 amide bonds. The van der Waals surface area contributed by atoms with Crippen LogP contribution in [0.5, 0.6) is 0 Å². The highest BCUT2D eigenvalue weighted by Crippen LogP contribution is 2.26. The normalized spacial score (nSPS) is 11.4. The number of benzene rings is 2. The van der Waals surface area contributed by atoms with Crippen LogP contribution in [0, 0.1) is 0 Å². The maximum atomic E-state index is 12.8. The number of hydrogen-bond acceptors (Lipinski definition) is 3. The van der Waals surface area contributed by atoms with E-state index in [1.54, 1.807) is 30.3 Å². The average molecular weight is 372 g/mol. The number of amides is 1. The topological polar surface area (TPSA) is 85.0 Å². The van der Waals surface area contributed by atoms with E-state index in [0.717, 1.165) is 27.7 Å². The van der Waals surface area contributed by atoms with Crippen LogP contribution in [0.15, 0.2) is 60.8 Å². The number of hydrogen-bond donors (Lipinski definition) is 3. The van der Waals surface area contributed by atoms with Crippen molar-refractivity contribution >= 4 is 34.6 Å². The summed E-state index contributed by atoms with van der Waals surface area (Å²) in [5, 5.41) is 17.9. The van der Waals surface area contributed by atoms with Crippen molar-refractivity contribution in [2.75, 3.05) is 11.9 Å². The predicted octanol–water partition coefficient (Wildman–Crippen LogP) is 3.83. The number of carbonyl (C=O) groups is 1. The van der Waals surface area contributed by atoms with Gasteiger partial charge in [0.25, 0.3) is 5.91 Å². The molecule has 0 aliphatic heterocycles. The van der Waals surface area contributed by atoms with Crippen molar-refractivity contribution in [2.24, 2.45) is 0 Å². The lowest BCUT2D eigenvalue weighted by atomic mass is 10.1. The quantitative estimate of drug-likeness (QED) is 0.498. The van der Waals surface area contributed by atoms with E-state index in [1.807, 2.05) is 54.6 Å². The minimum Gasteiger partial charge on any atom is -0.392 e. The molecule has 4 rings (SSSR count). The third-order valence-corrected chi connectivity index (χ3v) is 4.69. The number of aromatic amines is 2. The molecule has 0 spiro atoms. The van der Waals surface area contributed by atoms with Gasteiger partial charge < -0.3 is 15.0 Å². The molecular formula is C22H20N4O2. The minimum atomic E-state index is -0.153. The second kappa shape index (κ2) is 7.54. The Labute approximate surface area is 162 Å². The summed E-state index contributed by atoms with van der Waals surface area (Å²) >= 11 is 0. The average Bonchev–Trinajstić information content (AvgIpc) is 3.41. The van der Waals surface area contributed by atoms with Crippen molar-refractivity contribution in [3.05, 3.63) is 83.3 Å². The fourth-order valence-corrected chi connectivity index (χ4v) is 3.15. The molecule has 0 saturated heterocycles. The molecule has 0 unspecified atom stereocenters. The molecule has 2 heterocycles. The molecule has 2 aromatic heterocycles. The molecule has 4 aromatic rings. The monoisotopic (exact) mass is 372 g/mol. The van der Waals surface area contributed by atoms with Crippen LogP contribution in [0.4, 0.5) is 5.69 Å². The number of fused-ring (bicyclic) bond motifs is 1. The van der Waals surface area contributed by atoms with E-state index in [0.29, 0.717) is 11.4 Å². The summed E-state index contributed by atoms with van der Waals surface area (Å²) in [5.74, 6) is -0.153.